The quantitative estimate of drug-likeness (QED) is 0.681. The fraction of sp³-hybridized carbons (Fsp3) is 0. The molecule has 0 amide bonds. The van der Waals surface area contributed by atoms with Crippen LogP contribution in [0.4, 0.5) is 4.39 Å². The minimum atomic E-state index is -0.670. The van der Waals surface area contributed by atoms with Gasteiger partial charge in [-0.25, -0.2) is 4.39 Å². The Kier molecular flexibility index (Phi) is 1.79. The molecule has 1 heterocycles. The lowest BCUT2D eigenvalue weighted by atomic mass is 10.1. The molecule has 14 heavy (non-hydrogen) atoms. The van der Waals surface area contributed by atoms with E-state index in [0.29, 0.717) is 5.39 Å². The van der Waals surface area contributed by atoms with Crippen LogP contribution >= 0.6 is 0 Å². The number of pyridine rings is 1. The largest absolute Gasteiger partial charge is 0.329 e. The van der Waals surface area contributed by atoms with Gasteiger partial charge in [0.15, 0.2) is 0 Å². The molecule has 1 aromatic carbocycles. The molecular formula is C10H5FN2O. The molecule has 0 atom stereocenters. The number of nitrogens with zero attached hydrogens (tertiary/aromatic N) is 1. The van der Waals surface area contributed by atoms with Crippen molar-refractivity contribution in [3.8, 4) is 6.07 Å². The SMILES string of the molecule is N#Cc1cc2cc[nH]c(=O)c2cc1F. The van der Waals surface area contributed by atoms with Gasteiger partial charge in [-0.3, -0.25) is 4.79 Å². The van der Waals surface area contributed by atoms with Crippen LogP contribution in [0.5, 0.6) is 0 Å². The van der Waals surface area contributed by atoms with E-state index in [1.807, 2.05) is 0 Å². The van der Waals surface area contributed by atoms with Crippen molar-refractivity contribution in [1.29, 1.82) is 5.26 Å². The van der Waals surface area contributed by atoms with Crippen molar-refractivity contribution in [3.05, 3.63) is 46.1 Å². The molecule has 0 spiro atoms. The van der Waals surface area contributed by atoms with Gasteiger partial charge in [0.05, 0.1) is 5.56 Å². The summed E-state index contributed by atoms with van der Waals surface area (Å²) >= 11 is 0. The number of halogens is 1. The van der Waals surface area contributed by atoms with Crippen molar-refractivity contribution >= 4 is 10.8 Å². The molecule has 0 aliphatic heterocycles. The van der Waals surface area contributed by atoms with Crippen LogP contribution in [0.15, 0.2) is 29.2 Å². The first kappa shape index (κ1) is 8.45. The van der Waals surface area contributed by atoms with Crippen LogP contribution in [0.1, 0.15) is 5.56 Å². The maximum absolute atomic E-state index is 13.1. The predicted molar refractivity (Wildman–Crippen MR) is 49.2 cm³/mol. The first-order valence-electron chi connectivity index (χ1n) is 3.93. The van der Waals surface area contributed by atoms with E-state index in [1.165, 1.54) is 12.3 Å². The molecule has 2 aromatic rings. The zero-order valence-electron chi connectivity index (χ0n) is 7.04. The van der Waals surface area contributed by atoms with Gasteiger partial charge in [0.1, 0.15) is 11.9 Å². The number of rotatable bonds is 0. The average molecular weight is 188 g/mol. The summed E-state index contributed by atoms with van der Waals surface area (Å²) in [5, 5.41) is 9.39. The highest BCUT2D eigenvalue weighted by Gasteiger charge is 2.05. The molecule has 2 rings (SSSR count). The van der Waals surface area contributed by atoms with E-state index >= 15 is 0 Å². The monoisotopic (exact) mass is 188 g/mol. The van der Waals surface area contributed by atoms with Gasteiger partial charge in [-0.2, -0.15) is 5.26 Å². The molecule has 4 heteroatoms. The van der Waals surface area contributed by atoms with E-state index in [0.717, 1.165) is 6.07 Å². The Balaban J connectivity index is 2.95. The van der Waals surface area contributed by atoms with E-state index < -0.39 is 5.82 Å². The third-order valence-electron chi connectivity index (χ3n) is 1.98. The molecule has 68 valence electrons. The number of aromatic nitrogens is 1. The fourth-order valence-corrected chi connectivity index (χ4v) is 1.30. The van der Waals surface area contributed by atoms with Crippen LogP contribution in [0.25, 0.3) is 10.8 Å². The van der Waals surface area contributed by atoms with Crippen molar-refractivity contribution in [1.82, 2.24) is 4.98 Å². The van der Waals surface area contributed by atoms with Crippen LogP contribution in [0, 0.1) is 17.1 Å². The Morgan fingerprint density at radius 3 is 2.93 bits per heavy atom. The summed E-state index contributed by atoms with van der Waals surface area (Å²) in [5.74, 6) is -0.670. The van der Waals surface area contributed by atoms with Gasteiger partial charge in [0, 0.05) is 11.6 Å². The van der Waals surface area contributed by atoms with Gasteiger partial charge in [-0.05, 0) is 23.6 Å². The lowest BCUT2D eigenvalue weighted by Gasteiger charge is -1.97. The van der Waals surface area contributed by atoms with Gasteiger partial charge in [-0.15, -0.1) is 0 Å². The maximum Gasteiger partial charge on any atom is 0.255 e. The van der Waals surface area contributed by atoms with Crippen molar-refractivity contribution < 1.29 is 4.39 Å². The molecule has 1 aromatic heterocycles. The number of nitriles is 1. The van der Waals surface area contributed by atoms with E-state index in [4.69, 9.17) is 5.26 Å². The topological polar surface area (TPSA) is 56.6 Å². The van der Waals surface area contributed by atoms with Gasteiger partial charge < -0.3 is 4.98 Å². The lowest BCUT2D eigenvalue weighted by molar-refractivity contribution is 0.625. The zero-order chi connectivity index (χ0) is 10.1. The van der Waals surface area contributed by atoms with E-state index in [2.05, 4.69) is 4.98 Å². The van der Waals surface area contributed by atoms with Crippen LogP contribution in [0.2, 0.25) is 0 Å². The second-order valence-corrected chi connectivity index (χ2v) is 2.84. The van der Waals surface area contributed by atoms with E-state index in [9.17, 15) is 9.18 Å². The minimum Gasteiger partial charge on any atom is -0.329 e. The first-order valence-corrected chi connectivity index (χ1v) is 3.93. The smallest absolute Gasteiger partial charge is 0.255 e. The molecule has 1 N–H and O–H groups in total. The van der Waals surface area contributed by atoms with Gasteiger partial charge in [0.2, 0.25) is 0 Å². The Labute approximate surface area is 78.4 Å². The standard InChI is InChI=1S/C10H5FN2O/c11-9-4-8-6(3-7(9)5-12)1-2-13-10(8)14/h1-4H,(H,13,14). The predicted octanol–water partition coefficient (Wildman–Crippen LogP) is 1.54. The molecule has 3 nitrogen and oxygen atoms in total. The number of nitrogens with one attached hydrogen (secondary N) is 1. The molecule has 0 fully saturated rings. The molecule has 0 radical (unpaired) electrons. The number of benzene rings is 1. The molecule has 0 aliphatic carbocycles. The summed E-state index contributed by atoms with van der Waals surface area (Å²) in [5.41, 5.74) is -0.408. The number of fused-ring (bicyclic) bond motifs is 1. The molecule has 0 unspecified atom stereocenters. The second-order valence-electron chi connectivity index (χ2n) is 2.84. The van der Waals surface area contributed by atoms with Gasteiger partial charge in [0.25, 0.3) is 5.56 Å². The average Bonchev–Trinajstić information content (AvgIpc) is 2.19. The summed E-state index contributed by atoms with van der Waals surface area (Å²) in [6.45, 7) is 0. The zero-order valence-corrected chi connectivity index (χ0v) is 7.04. The van der Waals surface area contributed by atoms with Gasteiger partial charge in [-0.1, -0.05) is 0 Å². The molecule has 0 saturated heterocycles. The number of aromatic amines is 1. The molecule has 0 saturated carbocycles. The summed E-state index contributed by atoms with van der Waals surface area (Å²) in [6.07, 6.45) is 1.46. The fourth-order valence-electron chi connectivity index (χ4n) is 1.30. The van der Waals surface area contributed by atoms with Crippen LogP contribution in [0.3, 0.4) is 0 Å². The summed E-state index contributed by atoms with van der Waals surface area (Å²) in [4.78, 5) is 13.7. The molecular weight excluding hydrogens is 183 g/mol. The van der Waals surface area contributed by atoms with Crippen molar-refractivity contribution in [2.75, 3.05) is 0 Å². The van der Waals surface area contributed by atoms with Crippen molar-refractivity contribution in [2.24, 2.45) is 0 Å². The van der Waals surface area contributed by atoms with Gasteiger partial charge >= 0.3 is 0 Å². The molecule has 0 bridgehead atoms. The normalized spacial score (nSPS) is 10.0. The third-order valence-corrected chi connectivity index (χ3v) is 1.98. The highest BCUT2D eigenvalue weighted by atomic mass is 19.1. The summed E-state index contributed by atoms with van der Waals surface area (Å²) < 4.78 is 13.1. The first-order chi connectivity index (χ1) is 6.72. The van der Waals surface area contributed by atoms with E-state index in [1.54, 1.807) is 12.1 Å². The number of H-pyrrole nitrogens is 1. The Bertz CT molecular complexity index is 595. The van der Waals surface area contributed by atoms with Crippen molar-refractivity contribution in [3.63, 3.8) is 0 Å². The third kappa shape index (κ3) is 1.15. The number of hydrogen-bond acceptors (Lipinski definition) is 2. The van der Waals surface area contributed by atoms with Crippen LogP contribution < -0.4 is 5.56 Å². The van der Waals surface area contributed by atoms with Crippen molar-refractivity contribution in [2.45, 2.75) is 0 Å². The minimum absolute atomic E-state index is 0.0527. The molecule has 0 aliphatic rings. The summed E-state index contributed by atoms with van der Waals surface area (Å²) in [7, 11) is 0. The number of hydrogen-bond donors (Lipinski definition) is 1. The van der Waals surface area contributed by atoms with Crippen LogP contribution in [-0.4, -0.2) is 4.98 Å². The Hall–Kier alpha value is -2.15. The van der Waals surface area contributed by atoms with E-state index in [-0.39, 0.29) is 16.5 Å². The summed E-state index contributed by atoms with van der Waals surface area (Å²) in [6, 6.07) is 5.78. The highest BCUT2D eigenvalue weighted by Crippen LogP contribution is 2.14. The van der Waals surface area contributed by atoms with Crippen LogP contribution in [-0.2, 0) is 0 Å². The lowest BCUT2D eigenvalue weighted by Crippen LogP contribution is -2.05. The second kappa shape index (κ2) is 2.96. The Morgan fingerprint density at radius 2 is 2.21 bits per heavy atom. The maximum atomic E-state index is 13.1. The Morgan fingerprint density at radius 1 is 1.43 bits per heavy atom. The highest BCUT2D eigenvalue weighted by molar-refractivity contribution is 5.82.